The van der Waals surface area contributed by atoms with E-state index < -0.39 is 6.10 Å². The summed E-state index contributed by atoms with van der Waals surface area (Å²) in [6.45, 7) is 7.78. The first-order valence-corrected chi connectivity index (χ1v) is 7.60. The molecule has 0 heterocycles. The van der Waals surface area contributed by atoms with E-state index in [0.717, 1.165) is 22.4 Å². The van der Waals surface area contributed by atoms with E-state index in [2.05, 4.69) is 11.4 Å². The van der Waals surface area contributed by atoms with Crippen LogP contribution in [0, 0.1) is 20.8 Å². The van der Waals surface area contributed by atoms with Crippen molar-refractivity contribution in [2.75, 3.05) is 12.4 Å². The van der Waals surface area contributed by atoms with Gasteiger partial charge in [-0.3, -0.25) is 4.79 Å². The largest absolute Gasteiger partial charge is 0.495 e. The molecule has 4 nitrogen and oxygen atoms in total. The first-order valence-electron chi connectivity index (χ1n) is 7.60. The van der Waals surface area contributed by atoms with Crippen LogP contribution in [-0.2, 0) is 4.79 Å². The second-order valence-electron chi connectivity index (χ2n) is 5.65. The van der Waals surface area contributed by atoms with Crippen LogP contribution in [0.1, 0.15) is 23.6 Å². The Kier molecular flexibility index (Phi) is 5.27. The second kappa shape index (κ2) is 7.18. The van der Waals surface area contributed by atoms with E-state index in [9.17, 15) is 4.79 Å². The minimum absolute atomic E-state index is 0.215. The van der Waals surface area contributed by atoms with E-state index >= 15 is 0 Å². The SMILES string of the molecule is COc1ccccc1NC(=O)[C@H](C)Oc1cc(C)cc(C)c1C. The average molecular weight is 313 g/mol. The summed E-state index contributed by atoms with van der Waals surface area (Å²) < 4.78 is 11.1. The van der Waals surface area contributed by atoms with Gasteiger partial charge in [0.05, 0.1) is 12.8 Å². The van der Waals surface area contributed by atoms with E-state index in [4.69, 9.17) is 9.47 Å². The van der Waals surface area contributed by atoms with Gasteiger partial charge < -0.3 is 14.8 Å². The number of nitrogens with one attached hydrogen (secondary N) is 1. The van der Waals surface area contributed by atoms with Gasteiger partial charge in [-0.15, -0.1) is 0 Å². The van der Waals surface area contributed by atoms with Crippen molar-refractivity contribution in [3.05, 3.63) is 53.1 Å². The number of hydrogen-bond acceptors (Lipinski definition) is 3. The zero-order valence-corrected chi connectivity index (χ0v) is 14.3. The lowest BCUT2D eigenvalue weighted by atomic mass is 10.1. The fourth-order valence-electron chi connectivity index (χ4n) is 2.35. The summed E-state index contributed by atoms with van der Waals surface area (Å²) in [4.78, 5) is 12.4. The summed E-state index contributed by atoms with van der Waals surface area (Å²) >= 11 is 0. The molecule has 0 bridgehead atoms. The third-order valence-corrected chi connectivity index (χ3v) is 3.80. The molecule has 0 saturated carbocycles. The molecular weight excluding hydrogens is 290 g/mol. The lowest BCUT2D eigenvalue weighted by molar-refractivity contribution is -0.122. The van der Waals surface area contributed by atoms with Crippen LogP contribution in [0.25, 0.3) is 0 Å². The van der Waals surface area contributed by atoms with Gasteiger partial charge in [0, 0.05) is 0 Å². The van der Waals surface area contributed by atoms with Gasteiger partial charge >= 0.3 is 0 Å². The maximum atomic E-state index is 12.4. The van der Waals surface area contributed by atoms with E-state index in [1.54, 1.807) is 26.2 Å². The van der Waals surface area contributed by atoms with Crippen LogP contribution in [0.2, 0.25) is 0 Å². The number of benzene rings is 2. The molecule has 0 aliphatic carbocycles. The summed E-state index contributed by atoms with van der Waals surface area (Å²) in [5.74, 6) is 1.15. The molecule has 2 aromatic carbocycles. The van der Waals surface area contributed by atoms with Crippen molar-refractivity contribution in [2.24, 2.45) is 0 Å². The van der Waals surface area contributed by atoms with E-state index in [1.165, 1.54) is 0 Å². The fourth-order valence-corrected chi connectivity index (χ4v) is 2.35. The molecular formula is C19H23NO3. The van der Waals surface area contributed by atoms with Crippen LogP contribution >= 0.6 is 0 Å². The van der Waals surface area contributed by atoms with E-state index in [1.807, 2.05) is 39.0 Å². The van der Waals surface area contributed by atoms with Crippen LogP contribution in [0.4, 0.5) is 5.69 Å². The number of methoxy groups -OCH3 is 1. The van der Waals surface area contributed by atoms with Crippen molar-refractivity contribution in [3.8, 4) is 11.5 Å². The number of para-hydroxylation sites is 2. The molecule has 0 unspecified atom stereocenters. The zero-order chi connectivity index (χ0) is 17.0. The highest BCUT2D eigenvalue weighted by Crippen LogP contribution is 2.26. The highest BCUT2D eigenvalue weighted by Gasteiger charge is 2.18. The predicted molar refractivity (Wildman–Crippen MR) is 92.4 cm³/mol. The molecule has 122 valence electrons. The van der Waals surface area contributed by atoms with Crippen molar-refractivity contribution in [3.63, 3.8) is 0 Å². The standard InChI is InChI=1S/C19H23NO3/c1-12-10-13(2)14(3)18(11-12)23-15(4)19(21)20-16-8-6-7-9-17(16)22-5/h6-11,15H,1-5H3,(H,20,21)/t15-/m0/s1. The molecule has 0 aliphatic heterocycles. The normalized spacial score (nSPS) is 11.7. The zero-order valence-electron chi connectivity index (χ0n) is 14.3. The molecule has 23 heavy (non-hydrogen) atoms. The summed E-state index contributed by atoms with van der Waals surface area (Å²) in [7, 11) is 1.57. The second-order valence-corrected chi connectivity index (χ2v) is 5.65. The minimum Gasteiger partial charge on any atom is -0.495 e. The Morgan fingerprint density at radius 3 is 2.48 bits per heavy atom. The van der Waals surface area contributed by atoms with Crippen molar-refractivity contribution < 1.29 is 14.3 Å². The molecule has 2 rings (SSSR count). The van der Waals surface area contributed by atoms with E-state index in [0.29, 0.717) is 11.4 Å². The maximum Gasteiger partial charge on any atom is 0.265 e. The topological polar surface area (TPSA) is 47.6 Å². The number of ether oxygens (including phenoxy) is 2. The summed E-state index contributed by atoms with van der Waals surface area (Å²) in [6.07, 6.45) is -0.611. The van der Waals surface area contributed by atoms with Crippen molar-refractivity contribution in [1.82, 2.24) is 0 Å². The van der Waals surface area contributed by atoms with Gasteiger partial charge in [0.1, 0.15) is 11.5 Å². The predicted octanol–water partition coefficient (Wildman–Crippen LogP) is 4.03. The number of amides is 1. The Bertz CT molecular complexity index is 710. The first-order chi connectivity index (χ1) is 10.9. The number of anilines is 1. The Morgan fingerprint density at radius 1 is 1.09 bits per heavy atom. The molecule has 0 fully saturated rings. The Labute approximate surface area is 137 Å². The number of hydrogen-bond donors (Lipinski definition) is 1. The summed E-state index contributed by atoms with van der Waals surface area (Å²) in [5.41, 5.74) is 3.94. The van der Waals surface area contributed by atoms with Gasteiger partial charge in [-0.2, -0.15) is 0 Å². The molecule has 0 saturated heterocycles. The van der Waals surface area contributed by atoms with Gasteiger partial charge in [0.2, 0.25) is 0 Å². The fraction of sp³-hybridized carbons (Fsp3) is 0.316. The van der Waals surface area contributed by atoms with Crippen molar-refractivity contribution in [1.29, 1.82) is 0 Å². The summed E-state index contributed by atoms with van der Waals surface area (Å²) in [5, 5.41) is 2.84. The number of carbonyl (C=O) groups is 1. The third kappa shape index (κ3) is 4.03. The molecule has 1 amide bonds. The highest BCUT2D eigenvalue weighted by molar-refractivity contribution is 5.95. The first kappa shape index (κ1) is 16.9. The van der Waals surface area contributed by atoms with Gasteiger partial charge in [0.25, 0.3) is 5.91 Å². The average Bonchev–Trinajstić information content (AvgIpc) is 2.52. The number of carbonyl (C=O) groups excluding carboxylic acids is 1. The van der Waals surface area contributed by atoms with Crippen molar-refractivity contribution >= 4 is 11.6 Å². The molecule has 4 heteroatoms. The quantitative estimate of drug-likeness (QED) is 0.906. The maximum absolute atomic E-state index is 12.4. The molecule has 0 aliphatic rings. The van der Waals surface area contributed by atoms with Crippen LogP contribution in [0.5, 0.6) is 11.5 Å². The van der Waals surface area contributed by atoms with Crippen molar-refractivity contribution in [2.45, 2.75) is 33.8 Å². The Balaban J connectivity index is 2.12. The van der Waals surface area contributed by atoms with Gasteiger partial charge in [-0.05, 0) is 62.6 Å². The molecule has 0 spiro atoms. The molecule has 0 aromatic heterocycles. The van der Waals surface area contributed by atoms with Gasteiger partial charge in [-0.25, -0.2) is 0 Å². The van der Waals surface area contributed by atoms with E-state index in [-0.39, 0.29) is 5.91 Å². The van der Waals surface area contributed by atoms with Crippen LogP contribution in [0.3, 0.4) is 0 Å². The smallest absolute Gasteiger partial charge is 0.265 e. The molecule has 1 N–H and O–H groups in total. The third-order valence-electron chi connectivity index (χ3n) is 3.80. The summed E-state index contributed by atoms with van der Waals surface area (Å²) in [6, 6.07) is 11.3. The lowest BCUT2D eigenvalue weighted by Crippen LogP contribution is -2.30. The lowest BCUT2D eigenvalue weighted by Gasteiger charge is -2.18. The highest BCUT2D eigenvalue weighted by atomic mass is 16.5. The Morgan fingerprint density at radius 2 is 1.78 bits per heavy atom. The molecule has 2 aromatic rings. The van der Waals surface area contributed by atoms with Crippen LogP contribution in [-0.4, -0.2) is 19.1 Å². The monoisotopic (exact) mass is 313 g/mol. The van der Waals surface area contributed by atoms with Gasteiger partial charge in [-0.1, -0.05) is 18.2 Å². The number of rotatable bonds is 5. The van der Waals surface area contributed by atoms with Crippen LogP contribution < -0.4 is 14.8 Å². The van der Waals surface area contributed by atoms with Gasteiger partial charge in [0.15, 0.2) is 6.10 Å². The molecule has 0 radical (unpaired) electrons. The molecule has 1 atom stereocenters. The Hall–Kier alpha value is -2.49. The minimum atomic E-state index is -0.611. The van der Waals surface area contributed by atoms with Crippen LogP contribution in [0.15, 0.2) is 36.4 Å². The number of aryl methyl sites for hydroxylation is 2.